The number of nitrogens with one attached hydrogen (secondary N) is 1. The molecule has 1 aliphatic heterocycles. The van der Waals surface area contributed by atoms with Crippen molar-refractivity contribution in [1.82, 2.24) is 10.5 Å². The lowest BCUT2D eigenvalue weighted by Crippen LogP contribution is -2.39. The molecule has 0 aromatic carbocycles. The highest BCUT2D eigenvalue weighted by molar-refractivity contribution is 4.43. The van der Waals surface area contributed by atoms with Crippen LogP contribution in [0.1, 0.15) is 0 Å². The highest BCUT2D eigenvalue weighted by Gasteiger charge is 2.03. The van der Waals surface area contributed by atoms with Crippen molar-refractivity contribution in [3.63, 3.8) is 0 Å². The molecule has 4 nitrogen and oxygen atoms in total. The van der Waals surface area contributed by atoms with Crippen LogP contribution in [-0.4, -0.2) is 30.3 Å². The van der Waals surface area contributed by atoms with Gasteiger partial charge in [0.15, 0.2) is 0 Å². The highest BCUT2D eigenvalue weighted by atomic mass is 16.9. The van der Waals surface area contributed by atoms with Gasteiger partial charge in [-0.05, 0) is 0 Å². The van der Waals surface area contributed by atoms with Gasteiger partial charge in [-0.1, -0.05) is 5.23 Å². The molecule has 1 fully saturated rings. The maximum atomic E-state index is 8.48. The molecule has 0 spiro atoms. The summed E-state index contributed by atoms with van der Waals surface area (Å²) in [4.78, 5) is 4.56. The quantitative estimate of drug-likeness (QED) is 0.421. The van der Waals surface area contributed by atoms with Crippen molar-refractivity contribution in [2.45, 2.75) is 0 Å². The fourth-order valence-corrected chi connectivity index (χ4v) is 0.432. The van der Waals surface area contributed by atoms with E-state index in [4.69, 9.17) is 5.21 Å². The molecule has 0 aromatic heterocycles. The Labute approximate surface area is 41.6 Å². The average molecular weight is 104 g/mol. The van der Waals surface area contributed by atoms with E-state index in [-0.39, 0.29) is 0 Å². The topological polar surface area (TPSA) is 44.7 Å². The van der Waals surface area contributed by atoms with Crippen molar-refractivity contribution in [3.05, 3.63) is 0 Å². The van der Waals surface area contributed by atoms with Crippen molar-refractivity contribution < 1.29 is 10.0 Å². The minimum Gasteiger partial charge on any atom is -0.291 e. The molecule has 7 heavy (non-hydrogen) atoms. The Kier molecular flexibility index (Phi) is 1.59. The molecule has 0 atom stereocenters. The first-order chi connectivity index (χ1) is 3.39. The minimum absolute atomic E-state index is 0.413. The Morgan fingerprint density at radius 1 is 1.71 bits per heavy atom. The van der Waals surface area contributed by atoms with Gasteiger partial charge in [-0.25, -0.2) is 0 Å². The number of nitrogens with zero attached hydrogens (tertiary/aromatic N) is 1. The molecule has 42 valence electrons. The second-order valence-electron chi connectivity index (χ2n) is 1.35. The van der Waals surface area contributed by atoms with E-state index in [1.165, 1.54) is 0 Å². The van der Waals surface area contributed by atoms with E-state index < -0.39 is 0 Å². The van der Waals surface area contributed by atoms with E-state index in [9.17, 15) is 0 Å². The molecular weight excluding hydrogens is 96.0 g/mol. The van der Waals surface area contributed by atoms with Gasteiger partial charge in [0.05, 0.1) is 6.54 Å². The summed E-state index contributed by atoms with van der Waals surface area (Å²) in [5.74, 6) is 0. The van der Waals surface area contributed by atoms with Crippen LogP contribution in [-0.2, 0) is 4.84 Å². The Bertz CT molecular complexity index is 52.9. The second kappa shape index (κ2) is 2.23. The molecule has 1 heterocycles. The van der Waals surface area contributed by atoms with Crippen molar-refractivity contribution in [2.24, 2.45) is 0 Å². The maximum absolute atomic E-state index is 8.48. The molecule has 0 radical (unpaired) electrons. The zero-order chi connectivity index (χ0) is 5.11. The Hall–Kier alpha value is -0.160. The number of rotatable bonds is 0. The SMILES string of the molecule is ON1CCNCO1. The van der Waals surface area contributed by atoms with Gasteiger partial charge in [0, 0.05) is 6.54 Å². The van der Waals surface area contributed by atoms with Crippen LogP contribution in [0.15, 0.2) is 0 Å². The van der Waals surface area contributed by atoms with Crippen LogP contribution in [0.3, 0.4) is 0 Å². The Balaban J connectivity index is 2.12. The van der Waals surface area contributed by atoms with Crippen LogP contribution >= 0.6 is 0 Å². The van der Waals surface area contributed by atoms with Crippen molar-refractivity contribution >= 4 is 0 Å². The monoisotopic (exact) mass is 104 g/mol. The third-order valence-corrected chi connectivity index (χ3v) is 0.796. The normalized spacial score (nSPS) is 25.3. The van der Waals surface area contributed by atoms with Crippen molar-refractivity contribution in [3.8, 4) is 0 Å². The lowest BCUT2D eigenvalue weighted by Gasteiger charge is -2.19. The van der Waals surface area contributed by atoms with Crippen molar-refractivity contribution in [2.75, 3.05) is 19.8 Å². The van der Waals surface area contributed by atoms with E-state index in [0.717, 1.165) is 11.8 Å². The molecular formula is C3H8N2O2. The van der Waals surface area contributed by atoms with E-state index in [1.807, 2.05) is 0 Å². The molecule has 0 bridgehead atoms. The van der Waals surface area contributed by atoms with Crippen LogP contribution in [0, 0.1) is 0 Å². The van der Waals surface area contributed by atoms with E-state index >= 15 is 0 Å². The molecule has 1 rings (SSSR count). The van der Waals surface area contributed by atoms with Gasteiger partial charge in [-0.15, -0.1) is 0 Å². The molecule has 0 saturated carbocycles. The number of hydroxylamine groups is 2. The molecule has 4 heteroatoms. The van der Waals surface area contributed by atoms with Gasteiger partial charge in [0.1, 0.15) is 6.73 Å². The van der Waals surface area contributed by atoms with Gasteiger partial charge in [0.2, 0.25) is 0 Å². The largest absolute Gasteiger partial charge is 0.291 e. The molecule has 0 aliphatic carbocycles. The van der Waals surface area contributed by atoms with Gasteiger partial charge >= 0.3 is 0 Å². The van der Waals surface area contributed by atoms with Crippen LogP contribution in [0.5, 0.6) is 0 Å². The lowest BCUT2D eigenvalue weighted by molar-refractivity contribution is -0.354. The van der Waals surface area contributed by atoms with Gasteiger partial charge in [-0.2, -0.15) is 0 Å². The zero-order valence-corrected chi connectivity index (χ0v) is 3.92. The first kappa shape index (κ1) is 4.99. The summed E-state index contributed by atoms with van der Waals surface area (Å²) in [6.45, 7) is 1.74. The van der Waals surface area contributed by atoms with Crippen LogP contribution in [0.2, 0.25) is 0 Å². The zero-order valence-electron chi connectivity index (χ0n) is 3.92. The number of hydrogen-bond donors (Lipinski definition) is 2. The molecule has 2 N–H and O–H groups in total. The molecule has 0 unspecified atom stereocenters. The fourth-order valence-electron chi connectivity index (χ4n) is 0.432. The predicted octanol–water partition coefficient (Wildman–Crippen LogP) is -0.830. The van der Waals surface area contributed by atoms with Gasteiger partial charge in [0.25, 0.3) is 0 Å². The Morgan fingerprint density at radius 2 is 2.57 bits per heavy atom. The summed E-state index contributed by atoms with van der Waals surface area (Å²) in [6, 6.07) is 0. The van der Waals surface area contributed by atoms with Gasteiger partial charge < -0.3 is 0 Å². The predicted molar refractivity (Wildman–Crippen MR) is 22.4 cm³/mol. The van der Waals surface area contributed by atoms with Crippen LogP contribution < -0.4 is 5.32 Å². The first-order valence-corrected chi connectivity index (χ1v) is 2.19. The summed E-state index contributed by atoms with van der Waals surface area (Å²) < 4.78 is 0. The van der Waals surface area contributed by atoms with Crippen molar-refractivity contribution in [1.29, 1.82) is 0 Å². The first-order valence-electron chi connectivity index (χ1n) is 2.19. The lowest BCUT2D eigenvalue weighted by atomic mass is 10.6. The minimum atomic E-state index is 0.413. The summed E-state index contributed by atoms with van der Waals surface area (Å²) in [5.41, 5.74) is 0. The second-order valence-corrected chi connectivity index (χ2v) is 1.35. The summed E-state index contributed by atoms with van der Waals surface area (Å²) in [5, 5.41) is 12.2. The third kappa shape index (κ3) is 1.40. The third-order valence-electron chi connectivity index (χ3n) is 0.796. The van der Waals surface area contributed by atoms with E-state index in [2.05, 4.69) is 10.2 Å². The van der Waals surface area contributed by atoms with Crippen LogP contribution in [0.25, 0.3) is 0 Å². The molecule has 1 aliphatic rings. The van der Waals surface area contributed by atoms with Gasteiger partial charge in [-0.3, -0.25) is 15.4 Å². The van der Waals surface area contributed by atoms with E-state index in [0.29, 0.717) is 13.3 Å². The highest BCUT2D eigenvalue weighted by Crippen LogP contribution is 1.85. The van der Waals surface area contributed by atoms with E-state index in [1.54, 1.807) is 0 Å². The molecule has 0 amide bonds. The molecule has 0 aromatic rings. The smallest absolute Gasteiger partial charge is 0.121 e. The summed E-state index contributed by atoms with van der Waals surface area (Å²) >= 11 is 0. The maximum Gasteiger partial charge on any atom is 0.121 e. The standard InChI is InChI=1S/C3H8N2O2/c6-5-2-1-4-3-7-5/h4,6H,1-3H2. The number of hydrogen-bond acceptors (Lipinski definition) is 4. The summed E-state index contributed by atoms with van der Waals surface area (Å²) in [7, 11) is 0. The van der Waals surface area contributed by atoms with Crippen LogP contribution in [0.4, 0.5) is 0 Å². The average Bonchev–Trinajstić information content (AvgIpc) is 1.69. The Morgan fingerprint density at radius 3 is 2.86 bits per heavy atom. The molecule has 1 saturated heterocycles. The fraction of sp³-hybridized carbons (Fsp3) is 1.00. The summed E-state index contributed by atoms with van der Waals surface area (Å²) in [6.07, 6.45) is 0.